The Morgan fingerprint density at radius 1 is 1.27 bits per heavy atom. The predicted molar refractivity (Wildman–Crippen MR) is 63.1 cm³/mol. The van der Waals surface area contributed by atoms with Crippen LogP contribution in [-0.2, 0) is 0 Å². The van der Waals surface area contributed by atoms with E-state index in [9.17, 15) is 9.59 Å². The molecule has 0 unspecified atom stereocenters. The molecule has 2 amide bonds. The highest BCUT2D eigenvalue weighted by Gasteiger charge is 2.34. The molecular weight excluding hydrogens is 307 g/mol. The number of fused-ring (bicyclic) bond motifs is 1. The van der Waals surface area contributed by atoms with Crippen LogP contribution in [-0.4, -0.2) is 32.7 Å². The van der Waals surface area contributed by atoms with Crippen LogP contribution in [0.25, 0.3) is 0 Å². The summed E-state index contributed by atoms with van der Waals surface area (Å²) in [5.41, 5.74) is 0.902. The predicted octanol–water partition coefficient (Wildman–Crippen LogP) is 1.50. The van der Waals surface area contributed by atoms with Gasteiger partial charge in [-0.1, -0.05) is 22.6 Å². The minimum Gasteiger partial charge on any atom is -0.274 e. The Balaban J connectivity index is 2.29. The van der Waals surface area contributed by atoms with Gasteiger partial charge in [0.15, 0.2) is 0 Å². The third kappa shape index (κ3) is 1.75. The van der Waals surface area contributed by atoms with Gasteiger partial charge in [0.05, 0.1) is 11.1 Å². The minimum absolute atomic E-state index is 0.192. The number of carbonyl (C=O) groups is 2. The van der Waals surface area contributed by atoms with Crippen molar-refractivity contribution in [2.24, 2.45) is 0 Å². The average Bonchev–Trinajstić information content (AvgIpc) is 2.51. The molecule has 0 N–H and O–H groups in total. The summed E-state index contributed by atoms with van der Waals surface area (Å²) in [6, 6.07) is 1.60. The third-order valence-corrected chi connectivity index (χ3v) is 3.05. The number of imide groups is 1. The van der Waals surface area contributed by atoms with Gasteiger partial charge in [-0.2, -0.15) is 0 Å². The van der Waals surface area contributed by atoms with E-state index in [2.05, 4.69) is 27.6 Å². The molecule has 0 aromatic carbocycles. The summed E-state index contributed by atoms with van der Waals surface area (Å²) < 4.78 is 0.934. The van der Waals surface area contributed by atoms with E-state index in [0.717, 1.165) is 10.8 Å². The zero-order valence-electron chi connectivity index (χ0n) is 7.94. The molecule has 4 nitrogen and oxygen atoms in total. The molecule has 0 saturated heterocycles. The van der Waals surface area contributed by atoms with E-state index in [0.29, 0.717) is 17.7 Å². The molecule has 1 aromatic rings. The number of carbonyl (C=O) groups excluding carboxylic acids is 2. The maximum atomic E-state index is 11.8. The number of pyridine rings is 1. The van der Waals surface area contributed by atoms with Gasteiger partial charge in [-0.3, -0.25) is 19.5 Å². The Morgan fingerprint density at radius 3 is 2.67 bits per heavy atom. The number of halogens is 1. The van der Waals surface area contributed by atoms with Gasteiger partial charge in [-0.15, -0.1) is 0 Å². The summed E-state index contributed by atoms with van der Waals surface area (Å²) in [5.74, 6) is -0.407. The molecule has 1 aliphatic heterocycles. The Labute approximate surface area is 101 Å². The largest absolute Gasteiger partial charge is 0.274 e. The van der Waals surface area contributed by atoms with E-state index in [1.54, 1.807) is 6.07 Å². The number of alkyl halides is 1. The highest BCUT2D eigenvalue weighted by Crippen LogP contribution is 2.21. The molecule has 5 heteroatoms. The van der Waals surface area contributed by atoms with E-state index in [-0.39, 0.29) is 11.8 Å². The van der Waals surface area contributed by atoms with Crippen molar-refractivity contribution in [2.75, 3.05) is 11.0 Å². The van der Waals surface area contributed by atoms with E-state index in [1.165, 1.54) is 17.3 Å². The second-order valence-corrected chi connectivity index (χ2v) is 4.30. The molecule has 0 spiro atoms. The molecule has 15 heavy (non-hydrogen) atoms. The maximum absolute atomic E-state index is 11.8. The SMILES string of the molecule is O=C1c2ccncc2C(=O)N1CCCI. The molecule has 0 saturated carbocycles. The first-order valence-corrected chi connectivity index (χ1v) is 6.14. The number of nitrogens with zero attached hydrogens (tertiary/aromatic N) is 2. The first kappa shape index (κ1) is 10.5. The molecule has 2 rings (SSSR count). The highest BCUT2D eigenvalue weighted by molar-refractivity contribution is 14.1. The molecule has 0 atom stereocenters. The fourth-order valence-electron chi connectivity index (χ4n) is 1.56. The number of amides is 2. The quantitative estimate of drug-likeness (QED) is 0.482. The van der Waals surface area contributed by atoms with Gasteiger partial charge in [-0.25, -0.2) is 0 Å². The normalized spacial score (nSPS) is 14.6. The van der Waals surface area contributed by atoms with Crippen molar-refractivity contribution in [3.63, 3.8) is 0 Å². The maximum Gasteiger partial charge on any atom is 0.263 e. The molecule has 0 aliphatic carbocycles. The van der Waals surface area contributed by atoms with Crippen molar-refractivity contribution in [1.82, 2.24) is 9.88 Å². The lowest BCUT2D eigenvalue weighted by atomic mass is 10.2. The van der Waals surface area contributed by atoms with Crippen LogP contribution < -0.4 is 0 Å². The van der Waals surface area contributed by atoms with Crippen LogP contribution in [0.5, 0.6) is 0 Å². The topological polar surface area (TPSA) is 50.3 Å². The zero-order valence-corrected chi connectivity index (χ0v) is 10.1. The highest BCUT2D eigenvalue weighted by atomic mass is 127. The van der Waals surface area contributed by atoms with Crippen LogP contribution in [0.4, 0.5) is 0 Å². The molecule has 1 aliphatic rings. The average molecular weight is 316 g/mol. The van der Waals surface area contributed by atoms with E-state index in [4.69, 9.17) is 0 Å². The number of hydrogen-bond acceptors (Lipinski definition) is 3. The molecule has 2 heterocycles. The Kier molecular flexibility index (Phi) is 2.99. The van der Waals surface area contributed by atoms with Gasteiger partial charge in [0, 0.05) is 23.4 Å². The van der Waals surface area contributed by atoms with Crippen LogP contribution >= 0.6 is 22.6 Å². The van der Waals surface area contributed by atoms with Gasteiger partial charge in [0.25, 0.3) is 11.8 Å². The van der Waals surface area contributed by atoms with Gasteiger partial charge in [-0.05, 0) is 12.5 Å². The van der Waals surface area contributed by atoms with Crippen molar-refractivity contribution < 1.29 is 9.59 Å². The van der Waals surface area contributed by atoms with E-state index >= 15 is 0 Å². The first-order chi connectivity index (χ1) is 7.25. The van der Waals surface area contributed by atoms with Gasteiger partial charge >= 0.3 is 0 Å². The van der Waals surface area contributed by atoms with Crippen LogP contribution in [0.2, 0.25) is 0 Å². The lowest BCUT2D eigenvalue weighted by Gasteiger charge is -2.11. The summed E-state index contributed by atoms with van der Waals surface area (Å²) in [4.78, 5) is 28.7. The Morgan fingerprint density at radius 2 is 2.00 bits per heavy atom. The molecule has 78 valence electrons. The van der Waals surface area contributed by atoms with E-state index in [1.807, 2.05) is 0 Å². The molecule has 0 bridgehead atoms. The van der Waals surface area contributed by atoms with Crippen molar-refractivity contribution in [3.05, 3.63) is 29.6 Å². The van der Waals surface area contributed by atoms with Crippen LogP contribution in [0.15, 0.2) is 18.5 Å². The van der Waals surface area contributed by atoms with Crippen molar-refractivity contribution in [3.8, 4) is 0 Å². The number of aromatic nitrogens is 1. The Hall–Kier alpha value is -0.980. The molecule has 0 radical (unpaired) electrons. The number of rotatable bonds is 3. The van der Waals surface area contributed by atoms with Gasteiger partial charge < -0.3 is 0 Å². The summed E-state index contributed by atoms with van der Waals surface area (Å²) in [6.45, 7) is 0.495. The lowest BCUT2D eigenvalue weighted by Crippen LogP contribution is -2.30. The summed E-state index contributed by atoms with van der Waals surface area (Å²) in [6.07, 6.45) is 3.82. The summed E-state index contributed by atoms with van der Waals surface area (Å²) in [7, 11) is 0. The molecule has 0 fully saturated rings. The van der Waals surface area contributed by atoms with Crippen LogP contribution in [0.3, 0.4) is 0 Å². The standard InChI is InChI=1S/C10H9IN2O2/c11-3-1-5-13-9(14)7-2-4-12-6-8(7)10(13)15/h2,4,6H,1,3,5H2. The monoisotopic (exact) mass is 316 g/mol. The molecular formula is C10H9IN2O2. The third-order valence-electron chi connectivity index (χ3n) is 2.29. The lowest BCUT2D eigenvalue weighted by molar-refractivity contribution is 0.0655. The first-order valence-electron chi connectivity index (χ1n) is 4.62. The van der Waals surface area contributed by atoms with Crippen LogP contribution in [0, 0.1) is 0 Å². The minimum atomic E-state index is -0.215. The molecule has 1 aromatic heterocycles. The second kappa shape index (κ2) is 4.26. The number of hydrogen-bond donors (Lipinski definition) is 0. The second-order valence-electron chi connectivity index (χ2n) is 3.23. The zero-order chi connectivity index (χ0) is 10.8. The van der Waals surface area contributed by atoms with Gasteiger partial charge in [0.1, 0.15) is 0 Å². The van der Waals surface area contributed by atoms with Crippen molar-refractivity contribution in [1.29, 1.82) is 0 Å². The van der Waals surface area contributed by atoms with Gasteiger partial charge in [0.2, 0.25) is 0 Å². The van der Waals surface area contributed by atoms with Crippen molar-refractivity contribution >= 4 is 34.4 Å². The van der Waals surface area contributed by atoms with Crippen molar-refractivity contribution in [2.45, 2.75) is 6.42 Å². The van der Waals surface area contributed by atoms with E-state index < -0.39 is 0 Å². The van der Waals surface area contributed by atoms with Crippen LogP contribution in [0.1, 0.15) is 27.1 Å². The summed E-state index contributed by atoms with van der Waals surface area (Å²) in [5, 5.41) is 0. The Bertz CT molecular complexity index is 385. The summed E-state index contributed by atoms with van der Waals surface area (Å²) >= 11 is 2.23. The fraction of sp³-hybridized carbons (Fsp3) is 0.300. The fourth-order valence-corrected chi connectivity index (χ4v) is 1.90. The smallest absolute Gasteiger partial charge is 0.263 e.